The number of benzene rings is 1. The molecule has 1 heterocycles. The predicted molar refractivity (Wildman–Crippen MR) is 67.2 cm³/mol. The van der Waals surface area contributed by atoms with Gasteiger partial charge in [0.15, 0.2) is 0 Å². The summed E-state index contributed by atoms with van der Waals surface area (Å²) in [7, 11) is 0. The van der Waals surface area contributed by atoms with E-state index >= 15 is 0 Å². The summed E-state index contributed by atoms with van der Waals surface area (Å²) in [6, 6.07) is 9.76. The summed E-state index contributed by atoms with van der Waals surface area (Å²) in [5.74, 6) is 1.01. The molecule has 0 aliphatic carbocycles. The summed E-state index contributed by atoms with van der Waals surface area (Å²) in [5, 5.41) is 1.10. The van der Waals surface area contributed by atoms with Gasteiger partial charge in [-0.15, -0.1) is 0 Å². The predicted octanol–water partition coefficient (Wildman–Crippen LogP) is 2.98. The normalized spacial score (nSPS) is 10.4. The SMILES string of the molecule is CC(=O)CCCOc1ccc2cccnc2c1. The molecule has 0 saturated heterocycles. The number of hydrogen-bond acceptors (Lipinski definition) is 3. The quantitative estimate of drug-likeness (QED) is 0.740. The standard InChI is InChI=1S/C14H15NO2/c1-11(16)4-3-9-17-13-7-6-12-5-2-8-15-14(12)10-13/h2,5-8,10H,3-4,9H2,1H3. The Morgan fingerprint density at radius 3 is 3.06 bits per heavy atom. The van der Waals surface area contributed by atoms with Crippen molar-refractivity contribution in [1.29, 1.82) is 0 Å². The Balaban J connectivity index is 1.97. The third-order valence-corrected chi connectivity index (χ3v) is 2.52. The van der Waals surface area contributed by atoms with Crippen LogP contribution in [0.1, 0.15) is 19.8 Å². The minimum Gasteiger partial charge on any atom is -0.494 e. The molecule has 0 N–H and O–H groups in total. The highest BCUT2D eigenvalue weighted by Gasteiger charge is 1.98. The average Bonchev–Trinajstić information content (AvgIpc) is 2.34. The highest BCUT2D eigenvalue weighted by Crippen LogP contribution is 2.18. The molecule has 2 rings (SSSR count). The highest BCUT2D eigenvalue weighted by atomic mass is 16.5. The number of hydrogen-bond donors (Lipinski definition) is 0. The van der Waals surface area contributed by atoms with Gasteiger partial charge in [-0.1, -0.05) is 6.07 Å². The Morgan fingerprint density at radius 1 is 1.35 bits per heavy atom. The van der Waals surface area contributed by atoms with Crippen molar-refractivity contribution >= 4 is 16.7 Å². The van der Waals surface area contributed by atoms with Crippen LogP contribution in [0.15, 0.2) is 36.5 Å². The zero-order valence-electron chi connectivity index (χ0n) is 9.85. The van der Waals surface area contributed by atoms with E-state index in [-0.39, 0.29) is 5.78 Å². The van der Waals surface area contributed by atoms with Crippen molar-refractivity contribution in [3.8, 4) is 5.75 Å². The maximum absolute atomic E-state index is 10.8. The van der Waals surface area contributed by atoms with E-state index in [4.69, 9.17) is 4.74 Å². The second kappa shape index (κ2) is 5.43. The first-order valence-corrected chi connectivity index (χ1v) is 5.73. The van der Waals surface area contributed by atoms with E-state index in [0.717, 1.165) is 23.1 Å². The van der Waals surface area contributed by atoms with Gasteiger partial charge in [-0.2, -0.15) is 0 Å². The molecule has 0 aliphatic rings. The molecule has 0 spiro atoms. The molecular weight excluding hydrogens is 214 g/mol. The second-order valence-electron chi connectivity index (χ2n) is 4.01. The molecule has 2 aromatic rings. The van der Waals surface area contributed by atoms with Gasteiger partial charge in [0.25, 0.3) is 0 Å². The Labute approximate surface area is 100 Å². The van der Waals surface area contributed by atoms with Crippen LogP contribution < -0.4 is 4.74 Å². The van der Waals surface area contributed by atoms with Gasteiger partial charge in [0.05, 0.1) is 12.1 Å². The van der Waals surface area contributed by atoms with Gasteiger partial charge in [0.2, 0.25) is 0 Å². The van der Waals surface area contributed by atoms with Crippen LogP contribution >= 0.6 is 0 Å². The summed E-state index contributed by atoms with van der Waals surface area (Å²) >= 11 is 0. The molecule has 0 aliphatic heterocycles. The molecule has 0 saturated carbocycles. The summed E-state index contributed by atoms with van der Waals surface area (Å²) in [6.07, 6.45) is 3.10. The van der Waals surface area contributed by atoms with E-state index in [0.29, 0.717) is 13.0 Å². The van der Waals surface area contributed by atoms with Crippen LogP contribution in [0.3, 0.4) is 0 Å². The van der Waals surface area contributed by atoms with Crippen molar-refractivity contribution in [3.63, 3.8) is 0 Å². The highest BCUT2D eigenvalue weighted by molar-refractivity contribution is 5.79. The fourth-order valence-corrected chi connectivity index (χ4v) is 1.65. The molecule has 3 heteroatoms. The van der Waals surface area contributed by atoms with Crippen LogP contribution in [0, 0.1) is 0 Å². The molecule has 0 amide bonds. The molecule has 1 aromatic heterocycles. The Morgan fingerprint density at radius 2 is 2.24 bits per heavy atom. The molecule has 88 valence electrons. The minimum atomic E-state index is 0.203. The Hall–Kier alpha value is -1.90. The number of ketones is 1. The first-order valence-electron chi connectivity index (χ1n) is 5.73. The maximum Gasteiger partial charge on any atom is 0.129 e. The number of carbonyl (C=O) groups is 1. The second-order valence-corrected chi connectivity index (χ2v) is 4.01. The molecule has 0 unspecified atom stereocenters. The summed E-state index contributed by atoms with van der Waals surface area (Å²) in [6.45, 7) is 2.16. The molecule has 0 radical (unpaired) electrons. The largest absolute Gasteiger partial charge is 0.494 e. The molecule has 1 aromatic carbocycles. The first kappa shape index (κ1) is 11.6. The third-order valence-electron chi connectivity index (χ3n) is 2.52. The molecule has 0 bridgehead atoms. The average molecular weight is 229 g/mol. The van der Waals surface area contributed by atoms with Crippen molar-refractivity contribution in [2.45, 2.75) is 19.8 Å². The Kier molecular flexibility index (Phi) is 3.70. The Bertz CT molecular complexity index is 522. The van der Waals surface area contributed by atoms with E-state index in [2.05, 4.69) is 4.98 Å². The van der Waals surface area contributed by atoms with Crippen molar-refractivity contribution in [2.24, 2.45) is 0 Å². The third kappa shape index (κ3) is 3.28. The van der Waals surface area contributed by atoms with Crippen molar-refractivity contribution in [3.05, 3.63) is 36.5 Å². The van der Waals surface area contributed by atoms with Crippen molar-refractivity contribution in [1.82, 2.24) is 4.98 Å². The number of carbonyl (C=O) groups excluding carboxylic acids is 1. The van der Waals surface area contributed by atoms with E-state index in [1.165, 1.54) is 0 Å². The van der Waals surface area contributed by atoms with Crippen LogP contribution in [-0.2, 0) is 4.79 Å². The number of rotatable bonds is 5. The number of aromatic nitrogens is 1. The van der Waals surface area contributed by atoms with Gasteiger partial charge >= 0.3 is 0 Å². The van der Waals surface area contributed by atoms with Gasteiger partial charge in [-0.05, 0) is 31.5 Å². The van der Waals surface area contributed by atoms with E-state index in [1.54, 1.807) is 13.1 Å². The lowest BCUT2D eigenvalue weighted by molar-refractivity contribution is -0.117. The van der Waals surface area contributed by atoms with E-state index < -0.39 is 0 Å². The van der Waals surface area contributed by atoms with Crippen LogP contribution in [0.2, 0.25) is 0 Å². The van der Waals surface area contributed by atoms with Gasteiger partial charge < -0.3 is 9.53 Å². The number of Topliss-reactive ketones (excluding diaryl/α,β-unsaturated/α-hetero) is 1. The minimum absolute atomic E-state index is 0.203. The molecule has 17 heavy (non-hydrogen) atoms. The van der Waals surface area contributed by atoms with E-state index in [1.807, 2.05) is 30.3 Å². The number of ether oxygens (including phenoxy) is 1. The lowest BCUT2D eigenvalue weighted by Gasteiger charge is -2.06. The van der Waals surface area contributed by atoms with Crippen molar-refractivity contribution < 1.29 is 9.53 Å². The molecular formula is C14H15NO2. The molecule has 3 nitrogen and oxygen atoms in total. The van der Waals surface area contributed by atoms with Gasteiger partial charge in [0, 0.05) is 24.1 Å². The lowest BCUT2D eigenvalue weighted by atomic mass is 10.2. The van der Waals surface area contributed by atoms with Crippen LogP contribution in [-0.4, -0.2) is 17.4 Å². The zero-order valence-corrected chi connectivity index (χ0v) is 9.85. The summed E-state index contributed by atoms with van der Waals surface area (Å²) in [4.78, 5) is 15.0. The fourth-order valence-electron chi connectivity index (χ4n) is 1.65. The smallest absolute Gasteiger partial charge is 0.129 e. The van der Waals surface area contributed by atoms with Crippen LogP contribution in [0.4, 0.5) is 0 Å². The lowest BCUT2D eigenvalue weighted by Crippen LogP contribution is -2.00. The number of fused-ring (bicyclic) bond motifs is 1. The molecule has 0 fully saturated rings. The maximum atomic E-state index is 10.8. The topological polar surface area (TPSA) is 39.2 Å². The summed E-state index contributed by atoms with van der Waals surface area (Å²) in [5.41, 5.74) is 0.927. The molecule has 0 atom stereocenters. The van der Waals surface area contributed by atoms with Gasteiger partial charge in [-0.3, -0.25) is 4.98 Å². The van der Waals surface area contributed by atoms with Crippen LogP contribution in [0.25, 0.3) is 10.9 Å². The number of nitrogens with zero attached hydrogens (tertiary/aromatic N) is 1. The van der Waals surface area contributed by atoms with Gasteiger partial charge in [0.1, 0.15) is 11.5 Å². The van der Waals surface area contributed by atoms with Crippen LogP contribution in [0.5, 0.6) is 5.75 Å². The van der Waals surface area contributed by atoms with E-state index in [9.17, 15) is 4.79 Å². The fraction of sp³-hybridized carbons (Fsp3) is 0.286. The first-order chi connectivity index (χ1) is 8.25. The van der Waals surface area contributed by atoms with Gasteiger partial charge in [-0.25, -0.2) is 0 Å². The van der Waals surface area contributed by atoms with Crippen molar-refractivity contribution in [2.75, 3.05) is 6.61 Å². The monoisotopic (exact) mass is 229 g/mol. The summed E-state index contributed by atoms with van der Waals surface area (Å²) < 4.78 is 5.57. The number of pyridine rings is 1. The zero-order chi connectivity index (χ0) is 12.1.